The van der Waals surface area contributed by atoms with Crippen molar-refractivity contribution in [3.63, 3.8) is 0 Å². The zero-order chi connectivity index (χ0) is 18.8. The van der Waals surface area contributed by atoms with Crippen molar-refractivity contribution in [3.05, 3.63) is 0 Å². The number of unbranched alkanes of at least 4 members (excludes halogenated alkanes) is 12. The van der Waals surface area contributed by atoms with E-state index in [2.05, 4.69) is 12.2 Å². The molecule has 5 nitrogen and oxygen atoms in total. The predicted octanol–water partition coefficient (Wildman–Crippen LogP) is 4.86. The van der Waals surface area contributed by atoms with E-state index in [4.69, 9.17) is 4.55 Å². The van der Waals surface area contributed by atoms with Gasteiger partial charge in [0.1, 0.15) is 0 Å². The molecular weight excluding hydrogens is 338 g/mol. The Labute approximate surface area is 155 Å². The lowest BCUT2D eigenvalue weighted by molar-refractivity contribution is -0.121. The average molecular weight is 378 g/mol. The van der Waals surface area contributed by atoms with Crippen molar-refractivity contribution in [2.45, 2.75) is 103 Å². The Hall–Kier alpha value is -0.620. The molecule has 0 fully saturated rings. The lowest BCUT2D eigenvalue weighted by atomic mass is 10.0. The van der Waals surface area contributed by atoms with Gasteiger partial charge < -0.3 is 5.32 Å². The Morgan fingerprint density at radius 3 is 1.72 bits per heavy atom. The minimum atomic E-state index is -3.87. The first-order valence-electron chi connectivity index (χ1n) is 10.2. The summed E-state index contributed by atoms with van der Waals surface area (Å²) >= 11 is 0. The van der Waals surface area contributed by atoms with Gasteiger partial charge in [-0.25, -0.2) is 0 Å². The van der Waals surface area contributed by atoms with Crippen LogP contribution in [0.2, 0.25) is 0 Å². The molecule has 0 atom stereocenters. The Morgan fingerprint density at radius 1 is 0.760 bits per heavy atom. The fourth-order valence-corrected chi connectivity index (χ4v) is 3.42. The van der Waals surface area contributed by atoms with Crippen LogP contribution in [0.15, 0.2) is 0 Å². The van der Waals surface area contributed by atoms with Crippen LogP contribution in [0.25, 0.3) is 0 Å². The standard InChI is InChI=1S/C19H39NO4S/c1-2-3-4-5-6-7-8-9-10-11-12-13-16-19(21)20-17-14-15-18-25(22,23)24/h2-18H2,1H3,(H,20,21)(H,22,23,24). The number of amides is 1. The Morgan fingerprint density at radius 2 is 1.24 bits per heavy atom. The van der Waals surface area contributed by atoms with E-state index < -0.39 is 10.1 Å². The molecular formula is C19H39NO4S. The molecule has 0 rings (SSSR count). The summed E-state index contributed by atoms with van der Waals surface area (Å²) in [5, 5.41) is 2.79. The minimum absolute atomic E-state index is 0.0407. The first kappa shape index (κ1) is 24.4. The fourth-order valence-electron chi connectivity index (χ4n) is 2.85. The van der Waals surface area contributed by atoms with Crippen molar-refractivity contribution in [1.82, 2.24) is 5.32 Å². The third kappa shape index (κ3) is 21.3. The molecule has 0 saturated carbocycles. The van der Waals surface area contributed by atoms with Crippen LogP contribution in [-0.2, 0) is 14.9 Å². The molecule has 0 bridgehead atoms. The van der Waals surface area contributed by atoms with E-state index in [0.717, 1.165) is 12.8 Å². The zero-order valence-electron chi connectivity index (χ0n) is 16.1. The van der Waals surface area contributed by atoms with Gasteiger partial charge in [0, 0.05) is 13.0 Å². The van der Waals surface area contributed by atoms with E-state index >= 15 is 0 Å². The van der Waals surface area contributed by atoms with Gasteiger partial charge in [0.15, 0.2) is 0 Å². The van der Waals surface area contributed by atoms with Gasteiger partial charge in [-0.1, -0.05) is 77.6 Å². The molecule has 150 valence electrons. The van der Waals surface area contributed by atoms with Crippen LogP contribution in [0.3, 0.4) is 0 Å². The molecule has 0 saturated heterocycles. The summed E-state index contributed by atoms with van der Waals surface area (Å²) in [6.45, 7) is 2.73. The largest absolute Gasteiger partial charge is 0.356 e. The van der Waals surface area contributed by atoms with Gasteiger partial charge in [0.25, 0.3) is 10.1 Å². The monoisotopic (exact) mass is 377 g/mol. The van der Waals surface area contributed by atoms with Crippen LogP contribution in [0.1, 0.15) is 103 Å². The lowest BCUT2D eigenvalue weighted by Gasteiger charge is -2.05. The normalized spacial score (nSPS) is 11.6. The number of hydrogen-bond donors (Lipinski definition) is 2. The second-order valence-electron chi connectivity index (χ2n) is 6.98. The zero-order valence-corrected chi connectivity index (χ0v) is 16.9. The number of rotatable bonds is 18. The van der Waals surface area contributed by atoms with Gasteiger partial charge in [-0.15, -0.1) is 0 Å². The topological polar surface area (TPSA) is 83.5 Å². The quantitative estimate of drug-likeness (QED) is 0.264. The van der Waals surface area contributed by atoms with Gasteiger partial charge in [-0.3, -0.25) is 9.35 Å². The van der Waals surface area contributed by atoms with Gasteiger partial charge in [-0.2, -0.15) is 8.42 Å². The third-order valence-electron chi connectivity index (χ3n) is 4.41. The summed E-state index contributed by atoms with van der Waals surface area (Å²) < 4.78 is 29.7. The highest BCUT2D eigenvalue weighted by atomic mass is 32.2. The van der Waals surface area contributed by atoms with Gasteiger partial charge in [-0.05, 0) is 19.3 Å². The summed E-state index contributed by atoms with van der Waals surface area (Å²) in [6, 6.07) is 0. The van der Waals surface area contributed by atoms with Crippen molar-refractivity contribution in [3.8, 4) is 0 Å². The average Bonchev–Trinajstić information content (AvgIpc) is 2.54. The van der Waals surface area contributed by atoms with Crippen LogP contribution < -0.4 is 5.32 Å². The van der Waals surface area contributed by atoms with Crippen LogP contribution >= 0.6 is 0 Å². The molecule has 0 radical (unpaired) electrons. The van der Waals surface area contributed by atoms with Crippen molar-refractivity contribution >= 4 is 16.0 Å². The fraction of sp³-hybridized carbons (Fsp3) is 0.947. The molecule has 6 heteroatoms. The summed E-state index contributed by atoms with van der Waals surface area (Å²) in [6.07, 6.45) is 16.9. The van der Waals surface area contributed by atoms with Crippen LogP contribution in [-0.4, -0.2) is 31.2 Å². The van der Waals surface area contributed by atoms with Crippen molar-refractivity contribution in [1.29, 1.82) is 0 Å². The van der Waals surface area contributed by atoms with E-state index in [1.54, 1.807) is 0 Å². The highest BCUT2D eigenvalue weighted by molar-refractivity contribution is 7.85. The first-order chi connectivity index (χ1) is 12.0. The predicted molar refractivity (Wildman–Crippen MR) is 104 cm³/mol. The van der Waals surface area contributed by atoms with E-state index in [1.165, 1.54) is 64.2 Å². The molecule has 0 aliphatic carbocycles. The molecule has 0 aromatic heterocycles. The van der Waals surface area contributed by atoms with E-state index in [-0.39, 0.29) is 11.7 Å². The summed E-state index contributed by atoms with van der Waals surface area (Å²) in [5.74, 6) is -0.194. The maximum atomic E-state index is 11.6. The lowest BCUT2D eigenvalue weighted by Crippen LogP contribution is -2.24. The number of hydrogen-bond acceptors (Lipinski definition) is 3. The van der Waals surface area contributed by atoms with Crippen molar-refractivity contribution in [2.24, 2.45) is 0 Å². The van der Waals surface area contributed by atoms with Crippen LogP contribution in [0.5, 0.6) is 0 Å². The van der Waals surface area contributed by atoms with Crippen LogP contribution in [0, 0.1) is 0 Å². The maximum Gasteiger partial charge on any atom is 0.264 e. The molecule has 0 aromatic rings. The highest BCUT2D eigenvalue weighted by Gasteiger charge is 2.04. The molecule has 0 aliphatic heterocycles. The molecule has 0 aromatic carbocycles. The van der Waals surface area contributed by atoms with E-state index in [1.807, 2.05) is 0 Å². The molecule has 0 aliphatic rings. The van der Waals surface area contributed by atoms with Crippen LogP contribution in [0.4, 0.5) is 0 Å². The molecule has 25 heavy (non-hydrogen) atoms. The van der Waals surface area contributed by atoms with Crippen molar-refractivity contribution in [2.75, 3.05) is 12.3 Å². The third-order valence-corrected chi connectivity index (χ3v) is 5.21. The molecule has 0 heterocycles. The first-order valence-corrected chi connectivity index (χ1v) is 11.8. The number of carbonyl (C=O) groups excluding carboxylic acids is 1. The summed E-state index contributed by atoms with van der Waals surface area (Å²) in [4.78, 5) is 11.6. The van der Waals surface area contributed by atoms with E-state index in [0.29, 0.717) is 25.8 Å². The van der Waals surface area contributed by atoms with Gasteiger partial charge in [0.05, 0.1) is 5.75 Å². The highest BCUT2D eigenvalue weighted by Crippen LogP contribution is 2.12. The SMILES string of the molecule is CCCCCCCCCCCCCCC(=O)NCCCCS(=O)(=O)O. The molecule has 0 unspecified atom stereocenters. The van der Waals surface area contributed by atoms with Crippen molar-refractivity contribution < 1.29 is 17.8 Å². The summed E-state index contributed by atoms with van der Waals surface area (Å²) in [7, 11) is -3.87. The number of nitrogens with one attached hydrogen (secondary N) is 1. The smallest absolute Gasteiger partial charge is 0.264 e. The second-order valence-corrected chi connectivity index (χ2v) is 8.55. The van der Waals surface area contributed by atoms with Gasteiger partial charge >= 0.3 is 0 Å². The Kier molecular flexibility index (Phi) is 16.4. The number of carbonyl (C=O) groups is 1. The van der Waals surface area contributed by atoms with E-state index in [9.17, 15) is 13.2 Å². The minimum Gasteiger partial charge on any atom is -0.356 e. The molecule has 0 spiro atoms. The molecule has 1 amide bonds. The maximum absolute atomic E-state index is 11.6. The van der Waals surface area contributed by atoms with Gasteiger partial charge in [0.2, 0.25) is 5.91 Å². The Balaban J connectivity index is 3.22. The summed E-state index contributed by atoms with van der Waals surface area (Å²) in [5.41, 5.74) is 0. The Bertz CT molecular complexity index is 410. The molecule has 2 N–H and O–H groups in total. The second kappa shape index (κ2) is 16.8.